The molecule has 3 heteroatoms. The summed E-state index contributed by atoms with van der Waals surface area (Å²) in [6, 6.07) is 0. The third-order valence-corrected chi connectivity index (χ3v) is 0.601. The Balaban J connectivity index is 2.18. The standard InChI is InChI=1S/C3H5FO2/c4-3-1-2-5-6-3/h3H,1-2H2. The molecule has 0 amide bonds. The van der Waals surface area contributed by atoms with E-state index in [4.69, 9.17) is 0 Å². The molecule has 0 aromatic heterocycles. The van der Waals surface area contributed by atoms with Crippen LogP contribution in [0.15, 0.2) is 0 Å². The van der Waals surface area contributed by atoms with E-state index in [2.05, 4.69) is 9.78 Å². The normalized spacial score (nSPS) is 34.5. The maximum atomic E-state index is 11.6. The molecule has 0 aromatic rings. The Morgan fingerprint density at radius 3 is 2.67 bits per heavy atom. The van der Waals surface area contributed by atoms with Gasteiger partial charge in [0.05, 0.1) is 6.61 Å². The quantitative estimate of drug-likeness (QED) is 0.408. The molecule has 1 fully saturated rings. The van der Waals surface area contributed by atoms with Crippen LogP contribution in [-0.2, 0) is 9.78 Å². The van der Waals surface area contributed by atoms with Crippen molar-refractivity contribution in [1.29, 1.82) is 0 Å². The zero-order valence-electron chi connectivity index (χ0n) is 3.19. The van der Waals surface area contributed by atoms with Crippen molar-refractivity contribution in [3.63, 3.8) is 0 Å². The predicted octanol–water partition coefficient (Wildman–Crippen LogP) is 0.634. The summed E-state index contributed by atoms with van der Waals surface area (Å²) in [5, 5.41) is 0. The topological polar surface area (TPSA) is 18.5 Å². The molecule has 0 spiro atoms. The van der Waals surface area contributed by atoms with Gasteiger partial charge in [-0.25, -0.2) is 9.28 Å². The molecule has 1 rings (SSSR count). The van der Waals surface area contributed by atoms with Gasteiger partial charge in [-0.15, -0.1) is 0 Å². The highest BCUT2D eigenvalue weighted by atomic mass is 19.1. The first-order chi connectivity index (χ1) is 2.89. The molecule has 0 saturated carbocycles. The minimum absolute atomic E-state index is 0.375. The number of halogens is 1. The molecule has 1 saturated heterocycles. The van der Waals surface area contributed by atoms with Crippen molar-refractivity contribution in [1.82, 2.24) is 0 Å². The van der Waals surface area contributed by atoms with Crippen LogP contribution in [0.4, 0.5) is 4.39 Å². The molecule has 6 heavy (non-hydrogen) atoms. The van der Waals surface area contributed by atoms with E-state index in [-0.39, 0.29) is 0 Å². The Hall–Kier alpha value is -0.150. The first kappa shape index (κ1) is 4.02. The molecule has 1 aliphatic heterocycles. The Morgan fingerprint density at radius 1 is 1.67 bits per heavy atom. The number of hydrogen-bond donors (Lipinski definition) is 0. The molecule has 36 valence electrons. The van der Waals surface area contributed by atoms with Crippen LogP contribution in [0.25, 0.3) is 0 Å². The molecule has 1 aliphatic rings. The van der Waals surface area contributed by atoms with E-state index in [1.807, 2.05) is 0 Å². The molecular weight excluding hydrogens is 87.0 g/mol. The highest BCUT2D eigenvalue weighted by molar-refractivity contribution is 4.40. The van der Waals surface area contributed by atoms with Crippen LogP contribution in [0, 0.1) is 0 Å². The fraction of sp³-hybridized carbons (Fsp3) is 1.00. The second-order valence-electron chi connectivity index (χ2n) is 1.12. The van der Waals surface area contributed by atoms with E-state index >= 15 is 0 Å². The lowest BCUT2D eigenvalue weighted by atomic mass is 10.5. The summed E-state index contributed by atoms with van der Waals surface area (Å²) in [6.45, 7) is 0.390. The van der Waals surface area contributed by atoms with Gasteiger partial charge in [-0.05, 0) is 0 Å². The lowest BCUT2D eigenvalue weighted by molar-refractivity contribution is -0.299. The Labute approximate surface area is 34.8 Å². The summed E-state index contributed by atoms with van der Waals surface area (Å²) >= 11 is 0. The van der Waals surface area contributed by atoms with Crippen molar-refractivity contribution in [2.75, 3.05) is 6.61 Å². The maximum Gasteiger partial charge on any atom is 0.233 e. The van der Waals surface area contributed by atoms with Crippen LogP contribution in [0.2, 0.25) is 0 Å². The minimum atomic E-state index is -1.18. The van der Waals surface area contributed by atoms with Gasteiger partial charge < -0.3 is 0 Å². The Morgan fingerprint density at radius 2 is 2.50 bits per heavy atom. The van der Waals surface area contributed by atoms with Crippen molar-refractivity contribution in [3.05, 3.63) is 0 Å². The van der Waals surface area contributed by atoms with E-state index < -0.39 is 6.36 Å². The molecule has 0 bridgehead atoms. The largest absolute Gasteiger partial charge is 0.234 e. The SMILES string of the molecule is FC1CCOO1. The molecule has 0 aromatic carbocycles. The first-order valence-electron chi connectivity index (χ1n) is 1.82. The number of hydrogen-bond acceptors (Lipinski definition) is 2. The summed E-state index contributed by atoms with van der Waals surface area (Å²) in [5.41, 5.74) is 0. The van der Waals surface area contributed by atoms with Crippen LogP contribution < -0.4 is 0 Å². The smallest absolute Gasteiger partial charge is 0.233 e. The van der Waals surface area contributed by atoms with Crippen molar-refractivity contribution in [2.24, 2.45) is 0 Å². The lowest BCUT2D eigenvalue weighted by Crippen LogP contribution is -1.91. The van der Waals surface area contributed by atoms with E-state index in [0.29, 0.717) is 13.0 Å². The van der Waals surface area contributed by atoms with Crippen LogP contribution >= 0.6 is 0 Å². The minimum Gasteiger partial charge on any atom is -0.234 e. The van der Waals surface area contributed by atoms with Crippen LogP contribution in [0.1, 0.15) is 6.42 Å². The van der Waals surface area contributed by atoms with Gasteiger partial charge in [0.2, 0.25) is 6.36 Å². The first-order valence-corrected chi connectivity index (χ1v) is 1.82. The van der Waals surface area contributed by atoms with Gasteiger partial charge in [0.25, 0.3) is 0 Å². The van der Waals surface area contributed by atoms with Gasteiger partial charge in [-0.1, -0.05) is 0 Å². The third kappa shape index (κ3) is 0.666. The summed E-state index contributed by atoms with van der Waals surface area (Å²) in [4.78, 5) is 8.17. The van der Waals surface area contributed by atoms with Gasteiger partial charge in [-0.2, -0.15) is 4.89 Å². The molecule has 0 aliphatic carbocycles. The average molecular weight is 92.1 g/mol. The molecule has 1 heterocycles. The van der Waals surface area contributed by atoms with E-state index in [1.165, 1.54) is 0 Å². The second-order valence-corrected chi connectivity index (χ2v) is 1.12. The van der Waals surface area contributed by atoms with Crippen LogP contribution in [0.5, 0.6) is 0 Å². The van der Waals surface area contributed by atoms with Crippen molar-refractivity contribution < 1.29 is 14.2 Å². The van der Waals surface area contributed by atoms with Crippen molar-refractivity contribution in [2.45, 2.75) is 12.8 Å². The van der Waals surface area contributed by atoms with Gasteiger partial charge in [0.1, 0.15) is 0 Å². The highest BCUT2D eigenvalue weighted by Gasteiger charge is 2.13. The van der Waals surface area contributed by atoms with E-state index in [1.54, 1.807) is 0 Å². The van der Waals surface area contributed by atoms with Crippen LogP contribution in [-0.4, -0.2) is 13.0 Å². The number of alkyl halides is 1. The average Bonchev–Trinajstić information content (AvgIpc) is 1.86. The molecule has 0 radical (unpaired) electrons. The zero-order valence-corrected chi connectivity index (χ0v) is 3.19. The monoisotopic (exact) mass is 92.0 g/mol. The van der Waals surface area contributed by atoms with Crippen molar-refractivity contribution in [3.8, 4) is 0 Å². The van der Waals surface area contributed by atoms with Crippen molar-refractivity contribution >= 4 is 0 Å². The van der Waals surface area contributed by atoms with Gasteiger partial charge >= 0.3 is 0 Å². The third-order valence-electron chi connectivity index (χ3n) is 0.601. The summed E-state index contributed by atoms with van der Waals surface area (Å²) in [5.74, 6) is 0. The molecule has 1 atom stereocenters. The zero-order chi connectivity index (χ0) is 4.41. The molecule has 0 N–H and O–H groups in total. The molecular formula is C3H5FO2. The summed E-state index contributed by atoms with van der Waals surface area (Å²) in [7, 11) is 0. The highest BCUT2D eigenvalue weighted by Crippen LogP contribution is 2.07. The van der Waals surface area contributed by atoms with Gasteiger partial charge in [-0.3, -0.25) is 0 Å². The predicted molar refractivity (Wildman–Crippen MR) is 16.6 cm³/mol. The summed E-state index contributed by atoms with van der Waals surface area (Å²) < 4.78 is 11.6. The fourth-order valence-electron chi connectivity index (χ4n) is 0.311. The summed E-state index contributed by atoms with van der Waals surface area (Å²) in [6.07, 6.45) is -0.801. The Kier molecular flexibility index (Phi) is 1.03. The lowest BCUT2D eigenvalue weighted by Gasteiger charge is -1.86. The Bertz CT molecular complexity index is 42.1. The number of rotatable bonds is 0. The van der Waals surface area contributed by atoms with Crippen LogP contribution in [0.3, 0.4) is 0 Å². The molecule has 2 nitrogen and oxygen atoms in total. The second kappa shape index (κ2) is 1.53. The van der Waals surface area contributed by atoms with Gasteiger partial charge in [0.15, 0.2) is 0 Å². The van der Waals surface area contributed by atoms with Gasteiger partial charge in [0, 0.05) is 6.42 Å². The molecule has 1 unspecified atom stereocenters. The van der Waals surface area contributed by atoms with E-state index in [0.717, 1.165) is 0 Å². The fourth-order valence-corrected chi connectivity index (χ4v) is 0.311. The van der Waals surface area contributed by atoms with E-state index in [9.17, 15) is 4.39 Å². The maximum absolute atomic E-state index is 11.6.